The van der Waals surface area contributed by atoms with E-state index in [2.05, 4.69) is 50.8 Å². The molecule has 0 radical (unpaired) electrons. The zero-order valence-corrected chi connectivity index (χ0v) is 12.4. The molecule has 0 aliphatic carbocycles. The van der Waals surface area contributed by atoms with Gasteiger partial charge >= 0.3 is 0 Å². The van der Waals surface area contributed by atoms with E-state index in [1.807, 2.05) is 25.1 Å². The summed E-state index contributed by atoms with van der Waals surface area (Å²) in [6, 6.07) is 5.92. The molecule has 0 spiro atoms. The fourth-order valence-corrected chi connectivity index (χ4v) is 2.02. The van der Waals surface area contributed by atoms with Crippen LogP contribution in [0.25, 0.3) is 0 Å². The van der Waals surface area contributed by atoms with Gasteiger partial charge in [-0.05, 0) is 54.1 Å². The molecule has 1 rings (SSSR count). The van der Waals surface area contributed by atoms with Crippen LogP contribution in [-0.4, -0.2) is 11.9 Å². The molecule has 1 N–H and O–H groups in total. The Hall–Kier alpha value is -0.100. The number of carbonyl (C=O) groups excluding carboxylic acids is 1. The molecule has 2 nitrogen and oxygen atoms in total. The minimum Gasteiger partial charge on any atom is -0.350 e. The summed E-state index contributed by atoms with van der Waals surface area (Å²) in [6.07, 6.45) is 0.941. The molecule has 1 aromatic carbocycles. The first-order chi connectivity index (χ1) is 7.04. The van der Waals surface area contributed by atoms with Crippen molar-refractivity contribution in [2.45, 2.75) is 26.3 Å². The molecule has 82 valence electrons. The highest BCUT2D eigenvalue weighted by Crippen LogP contribution is 2.18. The molecule has 0 heterocycles. The van der Waals surface area contributed by atoms with E-state index < -0.39 is 0 Å². The molecule has 0 aliphatic heterocycles. The van der Waals surface area contributed by atoms with Crippen molar-refractivity contribution in [3.05, 3.63) is 31.8 Å². The van der Waals surface area contributed by atoms with Gasteiger partial charge in [-0.3, -0.25) is 4.79 Å². The summed E-state index contributed by atoms with van der Waals surface area (Å²) in [5.41, 5.74) is 0.727. The van der Waals surface area contributed by atoms with Gasteiger partial charge in [-0.2, -0.15) is 0 Å². The van der Waals surface area contributed by atoms with Crippen LogP contribution in [-0.2, 0) is 0 Å². The molecule has 15 heavy (non-hydrogen) atoms. The van der Waals surface area contributed by atoms with Gasteiger partial charge in [0.15, 0.2) is 0 Å². The SMILES string of the molecule is CCC(C)NC(=O)c1cc(Br)ccc1I. The Labute approximate surface area is 112 Å². The number of carbonyl (C=O) groups is 1. The van der Waals surface area contributed by atoms with Crippen molar-refractivity contribution in [1.29, 1.82) is 0 Å². The number of hydrogen-bond donors (Lipinski definition) is 1. The molecule has 1 unspecified atom stereocenters. The molecule has 1 aromatic rings. The Morgan fingerprint density at radius 3 is 2.87 bits per heavy atom. The predicted octanol–water partition coefficient (Wildman–Crippen LogP) is 3.58. The fourth-order valence-electron chi connectivity index (χ4n) is 1.08. The van der Waals surface area contributed by atoms with Crippen molar-refractivity contribution in [1.82, 2.24) is 5.32 Å². The lowest BCUT2D eigenvalue weighted by Gasteiger charge is -2.12. The Balaban J connectivity index is 2.86. The van der Waals surface area contributed by atoms with Gasteiger partial charge in [-0.1, -0.05) is 22.9 Å². The van der Waals surface area contributed by atoms with E-state index in [0.717, 1.165) is 20.0 Å². The maximum absolute atomic E-state index is 11.9. The van der Waals surface area contributed by atoms with Crippen molar-refractivity contribution < 1.29 is 4.79 Å². The van der Waals surface area contributed by atoms with Crippen LogP contribution in [0.4, 0.5) is 0 Å². The van der Waals surface area contributed by atoms with Crippen LogP contribution < -0.4 is 5.32 Å². The van der Waals surface area contributed by atoms with E-state index in [1.165, 1.54) is 0 Å². The normalized spacial score (nSPS) is 12.3. The summed E-state index contributed by atoms with van der Waals surface area (Å²) >= 11 is 5.53. The van der Waals surface area contributed by atoms with Crippen LogP contribution in [0.15, 0.2) is 22.7 Å². The molecule has 1 atom stereocenters. The first-order valence-corrected chi connectivity index (χ1v) is 6.67. The van der Waals surface area contributed by atoms with Crippen LogP contribution in [0, 0.1) is 3.57 Å². The van der Waals surface area contributed by atoms with E-state index in [1.54, 1.807) is 0 Å². The molecule has 0 aliphatic rings. The molecule has 0 fully saturated rings. The van der Waals surface area contributed by atoms with Gasteiger partial charge in [0.2, 0.25) is 0 Å². The standard InChI is InChI=1S/C11H13BrINO/c1-3-7(2)14-11(15)9-6-8(12)4-5-10(9)13/h4-7H,3H2,1-2H3,(H,14,15). The molecule has 0 bridgehead atoms. The summed E-state index contributed by atoms with van der Waals surface area (Å²) in [5, 5.41) is 2.95. The van der Waals surface area contributed by atoms with Crippen molar-refractivity contribution in [3.8, 4) is 0 Å². The second kappa shape index (κ2) is 5.84. The van der Waals surface area contributed by atoms with E-state index in [0.29, 0.717) is 0 Å². The highest BCUT2D eigenvalue weighted by molar-refractivity contribution is 14.1. The fraction of sp³-hybridized carbons (Fsp3) is 0.364. The molecule has 0 saturated carbocycles. The van der Waals surface area contributed by atoms with E-state index >= 15 is 0 Å². The van der Waals surface area contributed by atoms with Gasteiger partial charge in [0, 0.05) is 14.1 Å². The average molecular weight is 382 g/mol. The number of amides is 1. The van der Waals surface area contributed by atoms with Crippen LogP contribution in [0.3, 0.4) is 0 Å². The Kier molecular flexibility index (Phi) is 5.05. The predicted molar refractivity (Wildman–Crippen MR) is 74.1 cm³/mol. The highest BCUT2D eigenvalue weighted by Gasteiger charge is 2.11. The lowest BCUT2D eigenvalue weighted by Crippen LogP contribution is -2.32. The second-order valence-corrected chi connectivity index (χ2v) is 5.48. The summed E-state index contributed by atoms with van der Waals surface area (Å²) in [7, 11) is 0. The van der Waals surface area contributed by atoms with E-state index in [-0.39, 0.29) is 11.9 Å². The monoisotopic (exact) mass is 381 g/mol. The van der Waals surface area contributed by atoms with Crippen LogP contribution in [0.2, 0.25) is 0 Å². The molecule has 0 aromatic heterocycles. The number of nitrogens with one attached hydrogen (secondary N) is 1. The zero-order valence-electron chi connectivity index (χ0n) is 8.68. The van der Waals surface area contributed by atoms with Gasteiger partial charge in [0.25, 0.3) is 5.91 Å². The number of rotatable bonds is 3. The lowest BCUT2D eigenvalue weighted by atomic mass is 10.2. The molecule has 1 amide bonds. The highest BCUT2D eigenvalue weighted by atomic mass is 127. The van der Waals surface area contributed by atoms with E-state index in [4.69, 9.17) is 0 Å². The Morgan fingerprint density at radius 2 is 2.27 bits per heavy atom. The third kappa shape index (κ3) is 3.75. The van der Waals surface area contributed by atoms with Gasteiger partial charge in [0.1, 0.15) is 0 Å². The maximum Gasteiger partial charge on any atom is 0.252 e. The van der Waals surface area contributed by atoms with Crippen molar-refractivity contribution >= 4 is 44.4 Å². The Bertz CT molecular complexity index is 368. The van der Waals surface area contributed by atoms with Gasteiger partial charge in [0.05, 0.1) is 5.56 Å². The van der Waals surface area contributed by atoms with Crippen LogP contribution in [0.1, 0.15) is 30.6 Å². The maximum atomic E-state index is 11.9. The third-order valence-electron chi connectivity index (χ3n) is 2.16. The smallest absolute Gasteiger partial charge is 0.252 e. The van der Waals surface area contributed by atoms with Gasteiger partial charge in [-0.25, -0.2) is 0 Å². The van der Waals surface area contributed by atoms with E-state index in [9.17, 15) is 4.79 Å². The number of benzene rings is 1. The van der Waals surface area contributed by atoms with Crippen molar-refractivity contribution in [3.63, 3.8) is 0 Å². The largest absolute Gasteiger partial charge is 0.350 e. The molecule has 0 saturated heterocycles. The summed E-state index contributed by atoms with van der Waals surface area (Å²) in [4.78, 5) is 11.9. The Morgan fingerprint density at radius 1 is 1.60 bits per heavy atom. The summed E-state index contributed by atoms with van der Waals surface area (Å²) in [6.45, 7) is 4.06. The molecule has 4 heteroatoms. The van der Waals surface area contributed by atoms with Crippen LogP contribution >= 0.6 is 38.5 Å². The quantitative estimate of drug-likeness (QED) is 0.796. The van der Waals surface area contributed by atoms with Crippen molar-refractivity contribution in [2.75, 3.05) is 0 Å². The number of halogens is 2. The van der Waals surface area contributed by atoms with Crippen LogP contribution in [0.5, 0.6) is 0 Å². The summed E-state index contributed by atoms with van der Waals surface area (Å²) < 4.78 is 1.90. The first-order valence-electron chi connectivity index (χ1n) is 4.80. The minimum atomic E-state index is -0.00458. The molecular weight excluding hydrogens is 369 g/mol. The second-order valence-electron chi connectivity index (χ2n) is 3.41. The van der Waals surface area contributed by atoms with Gasteiger partial charge < -0.3 is 5.32 Å². The van der Waals surface area contributed by atoms with Crippen molar-refractivity contribution in [2.24, 2.45) is 0 Å². The summed E-state index contributed by atoms with van der Waals surface area (Å²) in [5.74, 6) is -0.00458. The third-order valence-corrected chi connectivity index (χ3v) is 3.60. The zero-order chi connectivity index (χ0) is 11.4. The minimum absolute atomic E-state index is 0.00458. The average Bonchev–Trinajstić information content (AvgIpc) is 2.21. The topological polar surface area (TPSA) is 29.1 Å². The first kappa shape index (κ1) is 13.0. The van der Waals surface area contributed by atoms with Gasteiger partial charge in [-0.15, -0.1) is 0 Å². The molecular formula is C11H13BrINO. The lowest BCUT2D eigenvalue weighted by molar-refractivity contribution is 0.0938. The number of hydrogen-bond acceptors (Lipinski definition) is 1.